The zero-order chi connectivity index (χ0) is 18.2. The number of carbonyl (C=O) groups excluding carboxylic acids is 2. The Morgan fingerprint density at radius 3 is 2.84 bits per heavy atom. The van der Waals surface area contributed by atoms with Crippen molar-refractivity contribution >= 4 is 29.7 Å². The first-order chi connectivity index (χ1) is 12.0. The molecule has 0 aromatic rings. The van der Waals surface area contributed by atoms with E-state index in [1.165, 1.54) is 0 Å². The SMILES string of the molecule is N[C@H](CCCCNC(=O)CCCC[C@H]1SC[C@H]2NC(=O)N[C@H]21)C(=O)O. The van der Waals surface area contributed by atoms with Crippen LogP contribution in [0, 0.1) is 0 Å². The lowest BCUT2D eigenvalue weighted by molar-refractivity contribution is -0.138. The summed E-state index contributed by atoms with van der Waals surface area (Å²) in [7, 11) is 0. The van der Waals surface area contributed by atoms with Gasteiger partial charge in [0.1, 0.15) is 6.04 Å². The maximum Gasteiger partial charge on any atom is 0.320 e. The summed E-state index contributed by atoms with van der Waals surface area (Å²) in [6.07, 6.45) is 5.18. The molecule has 2 aliphatic heterocycles. The van der Waals surface area contributed by atoms with Crippen LogP contribution in [0.5, 0.6) is 0 Å². The summed E-state index contributed by atoms with van der Waals surface area (Å²) in [4.78, 5) is 33.7. The van der Waals surface area contributed by atoms with Crippen LogP contribution in [0.3, 0.4) is 0 Å². The molecule has 2 fully saturated rings. The van der Waals surface area contributed by atoms with Gasteiger partial charge in [0.2, 0.25) is 5.91 Å². The molecule has 2 rings (SSSR count). The Labute approximate surface area is 152 Å². The Kier molecular flexibility index (Phi) is 7.83. The third kappa shape index (κ3) is 6.39. The number of amides is 3. The van der Waals surface area contributed by atoms with Gasteiger partial charge < -0.3 is 26.8 Å². The number of carboxylic acid groups (broad SMARTS) is 1. The molecule has 0 spiro atoms. The normalized spacial score (nSPS) is 25.8. The first-order valence-electron chi connectivity index (χ1n) is 8.91. The van der Waals surface area contributed by atoms with Crippen molar-refractivity contribution in [3.63, 3.8) is 0 Å². The molecule has 0 bridgehead atoms. The second-order valence-electron chi connectivity index (χ2n) is 6.66. The maximum absolute atomic E-state index is 11.8. The van der Waals surface area contributed by atoms with Gasteiger partial charge in [0, 0.05) is 24.0 Å². The third-order valence-corrected chi connectivity index (χ3v) is 6.17. The number of thioether (sulfide) groups is 1. The minimum absolute atomic E-state index is 0.0373. The molecule has 0 radical (unpaired) electrons. The molecule has 8 nitrogen and oxygen atoms in total. The Bertz CT molecular complexity index is 491. The van der Waals surface area contributed by atoms with Crippen LogP contribution >= 0.6 is 11.8 Å². The number of nitrogens with one attached hydrogen (secondary N) is 3. The number of unbranched alkanes of at least 4 members (excludes halogenated alkanes) is 2. The topological polar surface area (TPSA) is 134 Å². The van der Waals surface area contributed by atoms with Crippen LogP contribution in [0.15, 0.2) is 0 Å². The van der Waals surface area contributed by atoms with Crippen molar-refractivity contribution in [2.24, 2.45) is 5.73 Å². The summed E-state index contributed by atoms with van der Waals surface area (Å²) < 4.78 is 0. The molecular weight excluding hydrogens is 344 g/mol. The number of aliphatic carboxylic acids is 1. The van der Waals surface area contributed by atoms with E-state index in [-0.39, 0.29) is 24.0 Å². The van der Waals surface area contributed by atoms with Gasteiger partial charge in [-0.15, -0.1) is 0 Å². The number of fused-ring (bicyclic) bond motifs is 1. The smallest absolute Gasteiger partial charge is 0.320 e. The summed E-state index contributed by atoms with van der Waals surface area (Å²) in [5.41, 5.74) is 5.42. The standard InChI is InChI=1S/C16H28N4O4S/c17-10(15(22)23)5-3-4-8-18-13(21)7-2-1-6-12-14-11(9-25-12)19-16(24)20-14/h10-12,14H,1-9,17H2,(H,18,21)(H,22,23)(H2,19,20,24)/t10-,11-,12-,14-/m1/s1. The molecule has 142 valence electrons. The maximum atomic E-state index is 11.8. The molecule has 2 saturated heterocycles. The predicted molar refractivity (Wildman–Crippen MR) is 96.4 cm³/mol. The quantitative estimate of drug-likeness (QED) is 0.263. The summed E-state index contributed by atoms with van der Waals surface area (Å²) in [5.74, 6) is 0.0131. The van der Waals surface area contributed by atoms with Gasteiger partial charge in [-0.3, -0.25) is 9.59 Å². The highest BCUT2D eigenvalue weighted by molar-refractivity contribution is 8.00. The third-order valence-electron chi connectivity index (χ3n) is 4.66. The fraction of sp³-hybridized carbons (Fsp3) is 0.812. The number of hydrogen-bond donors (Lipinski definition) is 5. The van der Waals surface area contributed by atoms with E-state index in [9.17, 15) is 14.4 Å². The van der Waals surface area contributed by atoms with E-state index < -0.39 is 12.0 Å². The molecule has 0 aromatic carbocycles. The van der Waals surface area contributed by atoms with Gasteiger partial charge in [0.15, 0.2) is 0 Å². The molecule has 2 heterocycles. The van der Waals surface area contributed by atoms with Crippen molar-refractivity contribution in [3.8, 4) is 0 Å². The lowest BCUT2D eigenvalue weighted by atomic mass is 10.0. The first kappa shape index (κ1) is 19.8. The highest BCUT2D eigenvalue weighted by Gasteiger charge is 2.42. The summed E-state index contributed by atoms with van der Waals surface area (Å²) in [6.45, 7) is 0.561. The number of hydrogen-bond acceptors (Lipinski definition) is 5. The fourth-order valence-corrected chi connectivity index (χ4v) is 4.75. The summed E-state index contributed by atoms with van der Waals surface area (Å²) in [6, 6.07) is -0.406. The second kappa shape index (κ2) is 9.86. The van der Waals surface area contributed by atoms with Crippen LogP contribution in [0.1, 0.15) is 44.9 Å². The number of rotatable bonds is 11. The highest BCUT2D eigenvalue weighted by atomic mass is 32.2. The van der Waals surface area contributed by atoms with Crippen molar-refractivity contribution in [3.05, 3.63) is 0 Å². The predicted octanol–water partition coefficient (Wildman–Crippen LogP) is 0.411. The van der Waals surface area contributed by atoms with E-state index >= 15 is 0 Å². The molecule has 0 saturated carbocycles. The Morgan fingerprint density at radius 1 is 1.28 bits per heavy atom. The Morgan fingerprint density at radius 2 is 2.08 bits per heavy atom. The molecule has 2 aliphatic rings. The summed E-state index contributed by atoms with van der Waals surface area (Å²) >= 11 is 1.89. The van der Waals surface area contributed by atoms with Crippen molar-refractivity contribution < 1.29 is 19.5 Å². The average Bonchev–Trinajstić information content (AvgIpc) is 3.10. The second-order valence-corrected chi connectivity index (χ2v) is 7.93. The van der Waals surface area contributed by atoms with Gasteiger partial charge in [0.05, 0.1) is 12.1 Å². The van der Waals surface area contributed by atoms with Crippen LogP contribution in [-0.4, -0.2) is 58.7 Å². The van der Waals surface area contributed by atoms with E-state index in [2.05, 4.69) is 16.0 Å². The van der Waals surface area contributed by atoms with Crippen molar-refractivity contribution in [1.82, 2.24) is 16.0 Å². The minimum atomic E-state index is -0.983. The van der Waals surface area contributed by atoms with Crippen LogP contribution in [0.4, 0.5) is 4.79 Å². The van der Waals surface area contributed by atoms with Crippen molar-refractivity contribution in [1.29, 1.82) is 0 Å². The van der Waals surface area contributed by atoms with Crippen molar-refractivity contribution in [2.45, 2.75) is 68.3 Å². The first-order valence-corrected chi connectivity index (χ1v) is 9.96. The van der Waals surface area contributed by atoms with Crippen molar-refractivity contribution in [2.75, 3.05) is 12.3 Å². The fourth-order valence-electron chi connectivity index (χ4n) is 3.20. The van der Waals surface area contributed by atoms with E-state index in [0.717, 1.165) is 31.4 Å². The van der Waals surface area contributed by atoms with E-state index in [1.54, 1.807) is 0 Å². The number of carbonyl (C=O) groups is 3. The van der Waals surface area contributed by atoms with Gasteiger partial charge >= 0.3 is 12.0 Å². The van der Waals surface area contributed by atoms with Crippen LogP contribution in [-0.2, 0) is 9.59 Å². The Balaban J connectivity index is 1.46. The zero-order valence-corrected chi connectivity index (χ0v) is 15.1. The van der Waals surface area contributed by atoms with Gasteiger partial charge in [-0.25, -0.2) is 4.79 Å². The average molecular weight is 372 g/mol. The molecule has 9 heteroatoms. The van der Waals surface area contributed by atoms with E-state index in [1.807, 2.05) is 11.8 Å². The van der Waals surface area contributed by atoms with Gasteiger partial charge in [-0.05, 0) is 32.1 Å². The summed E-state index contributed by atoms with van der Waals surface area (Å²) in [5, 5.41) is 17.9. The van der Waals surface area contributed by atoms with E-state index in [0.29, 0.717) is 31.1 Å². The van der Waals surface area contributed by atoms with E-state index in [4.69, 9.17) is 10.8 Å². The molecule has 3 amide bonds. The van der Waals surface area contributed by atoms with Crippen LogP contribution in [0.2, 0.25) is 0 Å². The highest BCUT2D eigenvalue weighted by Crippen LogP contribution is 2.33. The van der Waals surface area contributed by atoms with Crippen LogP contribution < -0.4 is 21.7 Å². The van der Waals surface area contributed by atoms with Crippen LogP contribution in [0.25, 0.3) is 0 Å². The molecule has 0 aliphatic carbocycles. The molecule has 25 heavy (non-hydrogen) atoms. The molecule has 6 N–H and O–H groups in total. The van der Waals surface area contributed by atoms with Gasteiger partial charge in [-0.1, -0.05) is 6.42 Å². The lowest BCUT2D eigenvalue weighted by Crippen LogP contribution is -2.36. The number of urea groups is 1. The zero-order valence-electron chi connectivity index (χ0n) is 14.3. The number of carboxylic acids is 1. The molecule has 4 atom stereocenters. The monoisotopic (exact) mass is 372 g/mol. The largest absolute Gasteiger partial charge is 0.480 e. The van der Waals surface area contributed by atoms with Gasteiger partial charge in [-0.2, -0.15) is 11.8 Å². The lowest BCUT2D eigenvalue weighted by Gasteiger charge is -2.16. The molecular formula is C16H28N4O4S. The molecule has 0 aromatic heterocycles. The molecule has 0 unspecified atom stereocenters. The minimum Gasteiger partial charge on any atom is -0.480 e. The number of nitrogens with two attached hydrogens (primary N) is 1. The van der Waals surface area contributed by atoms with Gasteiger partial charge in [0.25, 0.3) is 0 Å². The Hall–Kier alpha value is -1.48.